The standard InChI is InChI=1S/C19H19N3O4/c1-11-9-12(2)16(13(3)10-11)17(23)20-14-5-7-15(8-6-14)22-19(24)26-18(21-22)25-4/h5-10H,1-4H3,(H,20,23). The van der Waals surface area contributed by atoms with Gasteiger partial charge >= 0.3 is 11.8 Å². The average Bonchev–Trinajstić information content (AvgIpc) is 2.95. The number of amides is 1. The lowest BCUT2D eigenvalue weighted by molar-refractivity contribution is 0.102. The van der Waals surface area contributed by atoms with E-state index in [1.54, 1.807) is 24.3 Å². The first-order chi connectivity index (χ1) is 12.4. The molecule has 0 aliphatic rings. The lowest BCUT2D eigenvalue weighted by Gasteiger charge is -2.12. The van der Waals surface area contributed by atoms with Crippen molar-refractivity contribution in [2.75, 3.05) is 12.4 Å². The molecule has 1 amide bonds. The van der Waals surface area contributed by atoms with Gasteiger partial charge in [0.15, 0.2) is 0 Å². The van der Waals surface area contributed by atoms with Crippen molar-refractivity contribution < 1.29 is 13.9 Å². The minimum Gasteiger partial charge on any atom is -0.452 e. The van der Waals surface area contributed by atoms with Crippen LogP contribution in [0.1, 0.15) is 27.0 Å². The van der Waals surface area contributed by atoms with Gasteiger partial charge in [-0.1, -0.05) is 22.8 Å². The van der Waals surface area contributed by atoms with E-state index < -0.39 is 5.76 Å². The fourth-order valence-electron chi connectivity index (χ4n) is 2.92. The first-order valence-electron chi connectivity index (χ1n) is 8.03. The van der Waals surface area contributed by atoms with Gasteiger partial charge in [0.05, 0.1) is 12.8 Å². The molecule has 26 heavy (non-hydrogen) atoms. The van der Waals surface area contributed by atoms with Gasteiger partial charge in [-0.2, -0.15) is 4.68 Å². The van der Waals surface area contributed by atoms with Gasteiger partial charge in [-0.25, -0.2) is 4.79 Å². The van der Waals surface area contributed by atoms with Crippen LogP contribution >= 0.6 is 0 Å². The predicted molar refractivity (Wildman–Crippen MR) is 97.3 cm³/mol. The van der Waals surface area contributed by atoms with Crippen molar-refractivity contribution in [3.8, 4) is 11.8 Å². The topological polar surface area (TPSA) is 86.4 Å². The van der Waals surface area contributed by atoms with Crippen molar-refractivity contribution in [1.82, 2.24) is 9.78 Å². The molecule has 2 aromatic carbocycles. The molecule has 0 radical (unpaired) electrons. The van der Waals surface area contributed by atoms with Crippen LogP contribution < -0.4 is 15.8 Å². The van der Waals surface area contributed by atoms with Crippen molar-refractivity contribution in [2.24, 2.45) is 0 Å². The molecule has 1 N–H and O–H groups in total. The minimum atomic E-state index is -0.649. The first kappa shape index (κ1) is 17.5. The van der Waals surface area contributed by atoms with Gasteiger partial charge in [0.2, 0.25) is 0 Å². The molecule has 0 unspecified atom stereocenters. The Kier molecular flexibility index (Phi) is 4.62. The number of aromatic nitrogens is 2. The van der Waals surface area contributed by atoms with Gasteiger partial charge in [0, 0.05) is 11.3 Å². The number of carbonyl (C=O) groups excluding carboxylic acids is 1. The van der Waals surface area contributed by atoms with Gasteiger partial charge in [0.1, 0.15) is 0 Å². The molecule has 0 aliphatic heterocycles. The summed E-state index contributed by atoms with van der Waals surface area (Å²) < 4.78 is 10.7. The van der Waals surface area contributed by atoms with Crippen LogP contribution in [0, 0.1) is 20.8 Å². The van der Waals surface area contributed by atoms with Crippen molar-refractivity contribution in [1.29, 1.82) is 0 Å². The molecule has 134 valence electrons. The lowest BCUT2D eigenvalue weighted by atomic mass is 9.99. The summed E-state index contributed by atoms with van der Waals surface area (Å²) in [6.07, 6.45) is -0.113. The van der Waals surface area contributed by atoms with Crippen LogP contribution in [0.25, 0.3) is 5.69 Å². The number of hydrogen-bond acceptors (Lipinski definition) is 5. The Hall–Kier alpha value is -3.35. The van der Waals surface area contributed by atoms with Gasteiger partial charge in [-0.05, 0) is 56.2 Å². The second-order valence-corrected chi connectivity index (χ2v) is 6.02. The Morgan fingerprint density at radius 2 is 1.73 bits per heavy atom. The Bertz CT molecular complexity index is 993. The zero-order valence-corrected chi connectivity index (χ0v) is 15.0. The molecule has 3 rings (SSSR count). The molecule has 0 saturated heterocycles. The SMILES string of the molecule is COc1nn(-c2ccc(NC(=O)c3c(C)cc(C)cc3C)cc2)c(=O)o1. The summed E-state index contributed by atoms with van der Waals surface area (Å²) >= 11 is 0. The third-order valence-electron chi connectivity index (χ3n) is 3.98. The van der Waals surface area contributed by atoms with Crippen LogP contribution in [-0.2, 0) is 0 Å². The van der Waals surface area contributed by atoms with Crippen LogP contribution in [-0.4, -0.2) is 22.8 Å². The van der Waals surface area contributed by atoms with Gasteiger partial charge in [-0.3, -0.25) is 4.79 Å². The molecule has 7 heteroatoms. The van der Waals surface area contributed by atoms with Crippen LogP contribution in [0.2, 0.25) is 0 Å². The molecule has 0 spiro atoms. The molecular formula is C19H19N3O4. The molecule has 0 aliphatic carbocycles. The highest BCUT2D eigenvalue weighted by atomic mass is 16.6. The Morgan fingerprint density at radius 3 is 2.27 bits per heavy atom. The van der Waals surface area contributed by atoms with Crippen molar-refractivity contribution in [3.05, 3.63) is 69.2 Å². The maximum Gasteiger partial charge on any atom is 0.444 e. The Morgan fingerprint density at radius 1 is 1.12 bits per heavy atom. The summed E-state index contributed by atoms with van der Waals surface area (Å²) in [6.45, 7) is 5.84. The van der Waals surface area contributed by atoms with Crippen molar-refractivity contribution in [3.63, 3.8) is 0 Å². The summed E-state index contributed by atoms with van der Waals surface area (Å²) in [4.78, 5) is 24.3. The summed E-state index contributed by atoms with van der Waals surface area (Å²) in [5.74, 6) is -0.822. The zero-order valence-electron chi connectivity index (χ0n) is 15.0. The van der Waals surface area contributed by atoms with E-state index in [9.17, 15) is 9.59 Å². The summed E-state index contributed by atoms with van der Waals surface area (Å²) in [5, 5.41) is 6.77. The number of carbonyl (C=O) groups is 1. The summed E-state index contributed by atoms with van der Waals surface area (Å²) in [6, 6.07) is 10.7. The van der Waals surface area contributed by atoms with E-state index in [4.69, 9.17) is 9.15 Å². The average molecular weight is 353 g/mol. The highest BCUT2D eigenvalue weighted by Gasteiger charge is 2.14. The number of aryl methyl sites for hydroxylation is 3. The van der Waals surface area contributed by atoms with E-state index in [1.807, 2.05) is 32.9 Å². The van der Waals surface area contributed by atoms with Crippen molar-refractivity contribution >= 4 is 11.6 Å². The third kappa shape index (κ3) is 3.37. The first-order valence-corrected chi connectivity index (χ1v) is 8.03. The van der Waals surface area contributed by atoms with Crippen LogP contribution in [0.15, 0.2) is 45.6 Å². The Labute approximate surface area is 150 Å². The molecule has 1 aromatic heterocycles. The number of nitrogens with zero attached hydrogens (tertiary/aromatic N) is 2. The third-order valence-corrected chi connectivity index (χ3v) is 3.98. The fourth-order valence-corrected chi connectivity index (χ4v) is 2.92. The number of benzene rings is 2. The molecule has 3 aromatic rings. The number of hydrogen-bond donors (Lipinski definition) is 1. The number of anilines is 1. The molecule has 0 atom stereocenters. The second-order valence-electron chi connectivity index (χ2n) is 6.02. The monoisotopic (exact) mass is 353 g/mol. The zero-order chi connectivity index (χ0) is 18.8. The van der Waals surface area contributed by atoms with Gasteiger partial charge in [-0.15, -0.1) is 0 Å². The van der Waals surface area contributed by atoms with Gasteiger partial charge in [0.25, 0.3) is 5.91 Å². The number of nitrogens with one attached hydrogen (secondary N) is 1. The minimum absolute atomic E-state index is 0.113. The number of rotatable bonds is 4. The van der Waals surface area contributed by atoms with Crippen LogP contribution in [0.3, 0.4) is 0 Å². The fraction of sp³-hybridized carbons (Fsp3) is 0.211. The largest absolute Gasteiger partial charge is 0.452 e. The van der Waals surface area contributed by atoms with E-state index in [-0.39, 0.29) is 12.0 Å². The maximum atomic E-state index is 12.6. The van der Waals surface area contributed by atoms with E-state index in [2.05, 4.69) is 10.4 Å². The normalized spacial score (nSPS) is 10.6. The molecule has 0 saturated carbocycles. The van der Waals surface area contributed by atoms with Gasteiger partial charge < -0.3 is 14.5 Å². The molecule has 0 fully saturated rings. The van der Waals surface area contributed by atoms with E-state index in [0.29, 0.717) is 16.9 Å². The highest BCUT2D eigenvalue weighted by molar-refractivity contribution is 6.06. The van der Waals surface area contributed by atoms with E-state index in [0.717, 1.165) is 21.4 Å². The maximum absolute atomic E-state index is 12.6. The molecular weight excluding hydrogens is 334 g/mol. The summed E-state index contributed by atoms with van der Waals surface area (Å²) in [5.41, 5.74) is 4.76. The Balaban J connectivity index is 1.82. The molecule has 0 bridgehead atoms. The predicted octanol–water partition coefficient (Wildman–Crippen LogP) is 3.01. The van der Waals surface area contributed by atoms with E-state index in [1.165, 1.54) is 7.11 Å². The number of methoxy groups -OCH3 is 1. The molecule has 1 heterocycles. The lowest BCUT2D eigenvalue weighted by Crippen LogP contribution is -2.16. The molecule has 7 nitrogen and oxygen atoms in total. The van der Waals surface area contributed by atoms with Crippen molar-refractivity contribution in [2.45, 2.75) is 20.8 Å². The second kappa shape index (κ2) is 6.87. The summed E-state index contributed by atoms with van der Waals surface area (Å²) in [7, 11) is 1.36. The highest BCUT2D eigenvalue weighted by Crippen LogP contribution is 2.19. The quantitative estimate of drug-likeness (QED) is 0.779. The van der Waals surface area contributed by atoms with Crippen LogP contribution in [0.4, 0.5) is 5.69 Å². The van der Waals surface area contributed by atoms with E-state index >= 15 is 0 Å². The van der Waals surface area contributed by atoms with Crippen LogP contribution in [0.5, 0.6) is 6.08 Å². The number of ether oxygens (including phenoxy) is 1. The smallest absolute Gasteiger partial charge is 0.444 e.